The Bertz CT molecular complexity index is 1180. The number of aryl methyl sites for hydroxylation is 1. The molecule has 0 saturated heterocycles. The van der Waals surface area contributed by atoms with Crippen molar-refractivity contribution in [1.29, 1.82) is 0 Å². The number of hydrogen-bond donors (Lipinski definition) is 1. The van der Waals surface area contributed by atoms with Gasteiger partial charge in [-0.1, -0.05) is 0 Å². The normalized spacial score (nSPS) is 14.2. The molecule has 1 fully saturated rings. The summed E-state index contributed by atoms with van der Waals surface area (Å²) in [5, 5.41) is -0.726. The first-order chi connectivity index (χ1) is 12.5. The van der Waals surface area contributed by atoms with Gasteiger partial charge in [-0.2, -0.15) is 0 Å². The van der Waals surface area contributed by atoms with E-state index in [2.05, 4.69) is 0 Å². The smallest absolute Gasteiger partial charge is 0.301 e. The number of nitrogens with zero attached hydrogens (tertiary/aromatic N) is 2. The van der Waals surface area contributed by atoms with E-state index in [4.69, 9.17) is 0 Å². The SMILES string of the molecule is Cc1cc(=O)n(-c2cc(C(=O)NS(=O)(=O)C3CC3)c(F)cc2F)c(=O)n1C. The van der Waals surface area contributed by atoms with E-state index >= 15 is 0 Å². The highest BCUT2D eigenvalue weighted by Crippen LogP contribution is 2.27. The summed E-state index contributed by atoms with van der Waals surface area (Å²) >= 11 is 0. The molecule has 0 spiro atoms. The van der Waals surface area contributed by atoms with Crippen molar-refractivity contribution in [3.05, 3.63) is 61.9 Å². The lowest BCUT2D eigenvalue weighted by atomic mass is 10.1. The molecule has 27 heavy (non-hydrogen) atoms. The molecule has 1 amide bonds. The van der Waals surface area contributed by atoms with Crippen molar-refractivity contribution in [2.24, 2.45) is 7.05 Å². The minimum absolute atomic E-state index is 0.317. The predicted octanol–water partition coefficient (Wildman–Crippen LogP) is 0.345. The fourth-order valence-electron chi connectivity index (χ4n) is 2.49. The Morgan fingerprint density at radius 1 is 1.15 bits per heavy atom. The largest absolute Gasteiger partial charge is 0.335 e. The van der Waals surface area contributed by atoms with E-state index in [9.17, 15) is 31.6 Å². The zero-order valence-electron chi connectivity index (χ0n) is 14.3. The van der Waals surface area contributed by atoms with E-state index < -0.39 is 55.3 Å². The van der Waals surface area contributed by atoms with Crippen molar-refractivity contribution in [2.45, 2.75) is 25.0 Å². The molecule has 0 unspecified atom stereocenters. The van der Waals surface area contributed by atoms with Crippen molar-refractivity contribution in [3.8, 4) is 5.69 Å². The van der Waals surface area contributed by atoms with Gasteiger partial charge in [0.05, 0.1) is 16.5 Å². The van der Waals surface area contributed by atoms with E-state index in [1.165, 1.54) is 14.0 Å². The van der Waals surface area contributed by atoms with Crippen molar-refractivity contribution in [1.82, 2.24) is 13.9 Å². The van der Waals surface area contributed by atoms with Crippen LogP contribution in [-0.4, -0.2) is 28.7 Å². The molecular formula is C16H15F2N3O5S. The maximum atomic E-state index is 14.3. The minimum Gasteiger partial charge on any atom is -0.301 e. The molecule has 144 valence electrons. The van der Waals surface area contributed by atoms with E-state index in [1.54, 1.807) is 4.72 Å². The summed E-state index contributed by atoms with van der Waals surface area (Å²) in [6.45, 7) is 1.50. The van der Waals surface area contributed by atoms with Crippen LogP contribution in [0.1, 0.15) is 28.9 Å². The Kier molecular flexibility index (Phi) is 4.50. The second kappa shape index (κ2) is 6.41. The zero-order chi connectivity index (χ0) is 20.1. The van der Waals surface area contributed by atoms with Crippen LogP contribution in [0.5, 0.6) is 0 Å². The summed E-state index contributed by atoms with van der Waals surface area (Å²) < 4.78 is 55.3. The quantitative estimate of drug-likeness (QED) is 0.798. The third kappa shape index (κ3) is 3.42. The molecule has 1 aliphatic carbocycles. The Morgan fingerprint density at radius 2 is 1.78 bits per heavy atom. The first-order valence-corrected chi connectivity index (χ1v) is 9.42. The molecule has 1 N–H and O–H groups in total. The Labute approximate surface area is 152 Å². The predicted molar refractivity (Wildman–Crippen MR) is 91.3 cm³/mol. The summed E-state index contributed by atoms with van der Waals surface area (Å²) in [5.41, 5.74) is -2.92. The monoisotopic (exact) mass is 399 g/mol. The summed E-state index contributed by atoms with van der Waals surface area (Å²) in [6, 6.07) is 2.03. The lowest BCUT2D eigenvalue weighted by molar-refractivity contribution is 0.0977. The van der Waals surface area contributed by atoms with Gasteiger partial charge >= 0.3 is 5.69 Å². The van der Waals surface area contributed by atoms with Crippen LogP contribution in [0.4, 0.5) is 8.78 Å². The first kappa shape index (κ1) is 19.0. The second-order valence-corrected chi connectivity index (χ2v) is 8.22. The zero-order valence-corrected chi connectivity index (χ0v) is 15.1. The lowest BCUT2D eigenvalue weighted by Gasteiger charge is -2.12. The van der Waals surface area contributed by atoms with E-state index in [0.717, 1.165) is 10.6 Å². The molecule has 1 aliphatic rings. The fraction of sp³-hybridized carbons (Fsp3) is 0.312. The molecule has 0 atom stereocenters. The van der Waals surface area contributed by atoms with Crippen LogP contribution in [0.3, 0.4) is 0 Å². The van der Waals surface area contributed by atoms with Crippen molar-refractivity contribution < 1.29 is 22.0 Å². The van der Waals surface area contributed by atoms with Crippen LogP contribution in [0.2, 0.25) is 0 Å². The number of nitrogens with one attached hydrogen (secondary N) is 1. The highest BCUT2D eigenvalue weighted by atomic mass is 32.2. The van der Waals surface area contributed by atoms with Crippen LogP contribution in [0.15, 0.2) is 27.8 Å². The van der Waals surface area contributed by atoms with E-state index in [-0.39, 0.29) is 0 Å². The molecular weight excluding hydrogens is 384 g/mol. The number of benzene rings is 1. The number of carbonyl (C=O) groups excluding carboxylic acids is 1. The first-order valence-electron chi connectivity index (χ1n) is 7.88. The molecule has 0 radical (unpaired) electrons. The van der Waals surface area contributed by atoms with Gasteiger partial charge in [-0.15, -0.1) is 0 Å². The van der Waals surface area contributed by atoms with Crippen molar-refractivity contribution in [2.75, 3.05) is 0 Å². The van der Waals surface area contributed by atoms with Crippen LogP contribution < -0.4 is 16.0 Å². The third-order valence-corrected chi connectivity index (χ3v) is 6.10. The van der Waals surface area contributed by atoms with Gasteiger partial charge in [-0.3, -0.25) is 9.59 Å². The minimum atomic E-state index is -3.96. The number of halogens is 2. The molecule has 2 aromatic rings. The Morgan fingerprint density at radius 3 is 2.37 bits per heavy atom. The highest BCUT2D eigenvalue weighted by molar-refractivity contribution is 7.91. The molecule has 1 aromatic carbocycles. The fourth-order valence-corrected chi connectivity index (χ4v) is 3.78. The molecule has 11 heteroatoms. The molecule has 8 nitrogen and oxygen atoms in total. The van der Waals surface area contributed by atoms with E-state index in [0.29, 0.717) is 35.2 Å². The van der Waals surface area contributed by atoms with Gasteiger partial charge in [0.2, 0.25) is 10.0 Å². The van der Waals surface area contributed by atoms with Gasteiger partial charge in [0.1, 0.15) is 11.6 Å². The number of sulfonamides is 1. The van der Waals surface area contributed by atoms with E-state index in [1.807, 2.05) is 0 Å². The number of amides is 1. The van der Waals surface area contributed by atoms with Gasteiger partial charge in [-0.05, 0) is 25.8 Å². The molecule has 0 bridgehead atoms. The number of rotatable bonds is 4. The van der Waals surface area contributed by atoms with Crippen LogP contribution in [0.25, 0.3) is 5.69 Å². The van der Waals surface area contributed by atoms with Crippen LogP contribution >= 0.6 is 0 Å². The number of hydrogen-bond acceptors (Lipinski definition) is 5. The molecule has 3 rings (SSSR count). The molecule has 0 aliphatic heterocycles. The standard InChI is InChI=1S/C16H15F2N3O5S/c1-8-5-14(22)21(16(24)20(8)2)13-6-10(11(17)7-12(13)18)15(23)19-27(25,26)9-3-4-9/h5-7,9H,3-4H2,1-2H3,(H,19,23). The summed E-state index contributed by atoms with van der Waals surface area (Å²) in [7, 11) is -2.61. The van der Waals surface area contributed by atoms with Gasteiger partial charge in [0.25, 0.3) is 11.5 Å². The topological polar surface area (TPSA) is 107 Å². The van der Waals surface area contributed by atoms with Gasteiger partial charge in [0, 0.05) is 24.9 Å². The summed E-state index contributed by atoms with van der Waals surface area (Å²) in [6.07, 6.45) is 0.767. The molecule has 1 heterocycles. The Balaban J connectivity index is 2.14. The van der Waals surface area contributed by atoms with Gasteiger partial charge in [0.15, 0.2) is 0 Å². The summed E-state index contributed by atoms with van der Waals surface area (Å²) in [5.74, 6) is -3.88. The third-order valence-electron chi connectivity index (χ3n) is 4.28. The average molecular weight is 399 g/mol. The summed E-state index contributed by atoms with van der Waals surface area (Å²) in [4.78, 5) is 36.7. The maximum Gasteiger partial charge on any atom is 0.335 e. The van der Waals surface area contributed by atoms with Gasteiger partial charge < -0.3 is 4.57 Å². The van der Waals surface area contributed by atoms with Crippen molar-refractivity contribution >= 4 is 15.9 Å². The van der Waals surface area contributed by atoms with Crippen LogP contribution in [-0.2, 0) is 17.1 Å². The lowest BCUT2D eigenvalue weighted by Crippen LogP contribution is -2.39. The highest BCUT2D eigenvalue weighted by Gasteiger charge is 2.37. The number of aromatic nitrogens is 2. The Hall–Kier alpha value is -2.82. The molecule has 1 saturated carbocycles. The maximum absolute atomic E-state index is 14.3. The van der Waals surface area contributed by atoms with Gasteiger partial charge in [-0.25, -0.2) is 31.3 Å². The van der Waals surface area contributed by atoms with Crippen LogP contribution in [0, 0.1) is 18.6 Å². The van der Waals surface area contributed by atoms with Crippen molar-refractivity contribution in [3.63, 3.8) is 0 Å². The number of carbonyl (C=O) groups is 1. The second-order valence-electron chi connectivity index (χ2n) is 6.26. The molecule has 1 aromatic heterocycles. The average Bonchev–Trinajstić information content (AvgIpc) is 3.39.